The van der Waals surface area contributed by atoms with Crippen molar-refractivity contribution in [2.45, 2.75) is 12.4 Å². The number of rotatable bonds is 2. The maximum absolute atomic E-state index is 12.8. The second kappa shape index (κ2) is 4.42. The van der Waals surface area contributed by atoms with Gasteiger partial charge in [0, 0.05) is 5.69 Å². The summed E-state index contributed by atoms with van der Waals surface area (Å²) in [5, 5.41) is 1.73. The first-order valence-electron chi connectivity index (χ1n) is 4.27. The van der Waals surface area contributed by atoms with E-state index in [0.29, 0.717) is 12.1 Å². The highest BCUT2D eigenvalue weighted by Gasteiger charge is 2.34. The molecule has 0 atom stereocenters. The van der Waals surface area contributed by atoms with Crippen molar-refractivity contribution in [3.63, 3.8) is 0 Å². The summed E-state index contributed by atoms with van der Waals surface area (Å²) in [6.07, 6.45) is -9.51. The zero-order valence-electron chi connectivity index (χ0n) is 8.08. The van der Waals surface area contributed by atoms with Crippen LogP contribution in [0.4, 0.5) is 36.4 Å². The largest absolute Gasteiger partial charge is 0.419 e. The summed E-state index contributed by atoms with van der Waals surface area (Å²) < 4.78 is 84.8. The molecule has 1 aromatic carbocycles. The smallest absolute Gasteiger partial charge is 0.376 e. The lowest BCUT2D eigenvalue weighted by atomic mass is 10.2. The Morgan fingerprint density at radius 3 is 2.06 bits per heavy atom. The van der Waals surface area contributed by atoms with Gasteiger partial charge in [0.25, 0.3) is 0 Å². The first-order valence-corrected chi connectivity index (χ1v) is 4.27. The third-order valence-corrected chi connectivity index (χ3v) is 1.76. The molecule has 1 nitrogen and oxygen atoms in total. The summed E-state index contributed by atoms with van der Waals surface area (Å²) in [7, 11) is 0. The van der Waals surface area contributed by atoms with Crippen LogP contribution in [0.2, 0.25) is 0 Å². The molecule has 0 aliphatic rings. The molecule has 0 fully saturated rings. The Morgan fingerprint density at radius 1 is 1.00 bits per heavy atom. The van der Waals surface area contributed by atoms with Crippen LogP contribution < -0.4 is 5.32 Å². The van der Waals surface area contributed by atoms with Crippen LogP contribution in [0.5, 0.6) is 0 Å². The van der Waals surface area contributed by atoms with Crippen molar-refractivity contribution in [1.82, 2.24) is 0 Å². The quantitative estimate of drug-likeness (QED) is 0.798. The Hall–Kier alpha value is -1.47. The predicted molar refractivity (Wildman–Crippen MR) is 45.9 cm³/mol. The SMILES string of the molecule is Fc1ccc(NCC(F)(F)F)cc1C(F)(F)F. The second-order valence-corrected chi connectivity index (χ2v) is 3.16. The first-order chi connectivity index (χ1) is 7.59. The lowest BCUT2D eigenvalue weighted by Crippen LogP contribution is -2.21. The van der Waals surface area contributed by atoms with Gasteiger partial charge in [-0.15, -0.1) is 0 Å². The molecule has 1 N–H and O–H groups in total. The lowest BCUT2D eigenvalue weighted by molar-refractivity contribution is -0.139. The number of hydrogen-bond donors (Lipinski definition) is 1. The molecule has 0 saturated carbocycles. The summed E-state index contributed by atoms with van der Waals surface area (Å²) in [6.45, 7) is -1.49. The molecule has 0 spiro atoms. The van der Waals surface area contributed by atoms with Crippen LogP contribution in [-0.4, -0.2) is 12.7 Å². The van der Waals surface area contributed by atoms with Crippen LogP contribution in [0.1, 0.15) is 5.56 Å². The van der Waals surface area contributed by atoms with Crippen molar-refractivity contribution in [1.29, 1.82) is 0 Å². The van der Waals surface area contributed by atoms with Gasteiger partial charge in [-0.25, -0.2) is 4.39 Å². The van der Waals surface area contributed by atoms with E-state index in [9.17, 15) is 30.7 Å². The van der Waals surface area contributed by atoms with E-state index in [1.165, 1.54) is 0 Å². The number of halogens is 7. The van der Waals surface area contributed by atoms with Gasteiger partial charge in [-0.1, -0.05) is 0 Å². The fourth-order valence-corrected chi connectivity index (χ4v) is 1.05. The number of alkyl halides is 6. The van der Waals surface area contributed by atoms with Gasteiger partial charge in [0.05, 0.1) is 5.56 Å². The van der Waals surface area contributed by atoms with Gasteiger partial charge < -0.3 is 5.32 Å². The van der Waals surface area contributed by atoms with Gasteiger partial charge >= 0.3 is 12.4 Å². The van der Waals surface area contributed by atoms with Gasteiger partial charge in [0.15, 0.2) is 0 Å². The summed E-state index contributed by atoms with van der Waals surface area (Å²) in [5.41, 5.74) is -2.05. The molecule has 0 aromatic heterocycles. The fraction of sp³-hybridized carbons (Fsp3) is 0.333. The molecule has 0 radical (unpaired) electrons. The van der Waals surface area contributed by atoms with Crippen LogP contribution in [0, 0.1) is 5.82 Å². The summed E-state index contributed by atoms with van der Waals surface area (Å²) >= 11 is 0. The highest BCUT2D eigenvalue weighted by Crippen LogP contribution is 2.33. The molecule has 96 valence electrons. The molecule has 1 rings (SSSR count). The van der Waals surface area contributed by atoms with Gasteiger partial charge in [-0.2, -0.15) is 26.3 Å². The zero-order valence-corrected chi connectivity index (χ0v) is 8.08. The topological polar surface area (TPSA) is 12.0 Å². The standard InChI is InChI=1S/C9H6F7N/c10-7-2-1-5(17-4-8(11,12)13)3-6(7)9(14,15)16/h1-3,17H,4H2. The zero-order chi connectivity index (χ0) is 13.3. The Balaban J connectivity index is 2.90. The summed E-state index contributed by atoms with van der Waals surface area (Å²) in [5.74, 6) is -1.53. The highest BCUT2D eigenvalue weighted by molar-refractivity contribution is 5.47. The molecule has 0 unspecified atom stereocenters. The van der Waals surface area contributed by atoms with Crippen LogP contribution in [0.25, 0.3) is 0 Å². The normalized spacial score (nSPS) is 12.6. The van der Waals surface area contributed by atoms with Crippen LogP contribution in [0.3, 0.4) is 0 Å². The molecular formula is C9H6F7N. The van der Waals surface area contributed by atoms with Gasteiger partial charge in [0.1, 0.15) is 12.4 Å². The second-order valence-electron chi connectivity index (χ2n) is 3.16. The van der Waals surface area contributed by atoms with Crippen LogP contribution in [-0.2, 0) is 6.18 Å². The number of hydrogen-bond acceptors (Lipinski definition) is 1. The highest BCUT2D eigenvalue weighted by atomic mass is 19.4. The molecule has 8 heteroatoms. The van der Waals surface area contributed by atoms with Crippen LogP contribution in [0.15, 0.2) is 18.2 Å². The van der Waals surface area contributed by atoms with E-state index in [1.54, 1.807) is 5.32 Å². The molecule has 17 heavy (non-hydrogen) atoms. The molecule has 0 aliphatic heterocycles. The molecule has 0 heterocycles. The van der Waals surface area contributed by atoms with E-state index in [-0.39, 0.29) is 0 Å². The van der Waals surface area contributed by atoms with E-state index in [1.807, 2.05) is 0 Å². The Kier molecular flexibility index (Phi) is 3.53. The summed E-state index contributed by atoms with van der Waals surface area (Å²) in [6, 6.07) is 1.55. The Morgan fingerprint density at radius 2 is 1.59 bits per heavy atom. The number of benzene rings is 1. The van der Waals surface area contributed by atoms with Crippen molar-refractivity contribution in [2.24, 2.45) is 0 Å². The maximum atomic E-state index is 12.8. The van der Waals surface area contributed by atoms with E-state index in [2.05, 4.69) is 0 Å². The van der Waals surface area contributed by atoms with Gasteiger partial charge in [-0.05, 0) is 18.2 Å². The summed E-state index contributed by atoms with van der Waals surface area (Å²) in [4.78, 5) is 0. The molecular weight excluding hydrogens is 255 g/mol. The third kappa shape index (κ3) is 4.12. The van der Waals surface area contributed by atoms with E-state index >= 15 is 0 Å². The van der Waals surface area contributed by atoms with E-state index in [4.69, 9.17) is 0 Å². The minimum absolute atomic E-state index is 0.293. The van der Waals surface area contributed by atoms with Crippen molar-refractivity contribution in [3.8, 4) is 0 Å². The maximum Gasteiger partial charge on any atom is 0.419 e. The lowest BCUT2D eigenvalue weighted by Gasteiger charge is -2.12. The first kappa shape index (κ1) is 13.6. The van der Waals surface area contributed by atoms with Crippen molar-refractivity contribution in [3.05, 3.63) is 29.6 Å². The van der Waals surface area contributed by atoms with Crippen molar-refractivity contribution < 1.29 is 30.7 Å². The monoisotopic (exact) mass is 261 g/mol. The third-order valence-electron chi connectivity index (χ3n) is 1.76. The Bertz CT molecular complexity index is 393. The average molecular weight is 261 g/mol. The molecule has 0 saturated heterocycles. The molecule has 0 amide bonds. The van der Waals surface area contributed by atoms with Crippen LogP contribution >= 0.6 is 0 Å². The number of anilines is 1. The molecule has 1 aromatic rings. The Labute approximate surface area is 91.2 Å². The van der Waals surface area contributed by atoms with Gasteiger partial charge in [0.2, 0.25) is 0 Å². The van der Waals surface area contributed by atoms with E-state index in [0.717, 1.165) is 6.07 Å². The van der Waals surface area contributed by atoms with Crippen molar-refractivity contribution >= 4 is 5.69 Å². The number of nitrogens with one attached hydrogen (secondary N) is 1. The fourth-order valence-electron chi connectivity index (χ4n) is 1.05. The van der Waals surface area contributed by atoms with Gasteiger partial charge in [-0.3, -0.25) is 0 Å². The minimum Gasteiger partial charge on any atom is -0.376 e. The van der Waals surface area contributed by atoms with Crippen molar-refractivity contribution in [2.75, 3.05) is 11.9 Å². The molecule has 0 bridgehead atoms. The average Bonchev–Trinajstić information content (AvgIpc) is 2.13. The predicted octanol–water partition coefficient (Wildman–Crippen LogP) is 3.82. The van der Waals surface area contributed by atoms with E-state index < -0.39 is 36.0 Å². The molecule has 0 aliphatic carbocycles. The minimum atomic E-state index is -4.94.